The average molecular weight is 427 g/mol. The zero-order valence-corrected chi connectivity index (χ0v) is 17.7. The van der Waals surface area contributed by atoms with Gasteiger partial charge in [0.05, 0.1) is 10.9 Å². The lowest BCUT2D eigenvalue weighted by atomic mass is 9.97. The van der Waals surface area contributed by atoms with Crippen LogP contribution in [-0.2, 0) is 16.4 Å². The molecule has 1 N–H and O–H groups in total. The Bertz CT molecular complexity index is 1110. The van der Waals surface area contributed by atoms with Gasteiger partial charge in [-0.25, -0.2) is 8.42 Å². The minimum absolute atomic E-state index is 0.0614. The highest BCUT2D eigenvalue weighted by Gasteiger charge is 2.31. The summed E-state index contributed by atoms with van der Waals surface area (Å²) >= 11 is 1.75. The second-order valence-corrected chi connectivity index (χ2v) is 9.65. The minimum atomic E-state index is -3.70. The van der Waals surface area contributed by atoms with Crippen LogP contribution >= 0.6 is 11.3 Å². The van der Waals surface area contributed by atoms with Crippen LogP contribution in [0.1, 0.15) is 40.2 Å². The van der Waals surface area contributed by atoms with Crippen LogP contribution in [0.5, 0.6) is 0 Å². The van der Waals surface area contributed by atoms with E-state index in [0.29, 0.717) is 17.8 Å². The number of carbonyl (C=O) groups is 1. The van der Waals surface area contributed by atoms with Gasteiger partial charge < -0.3 is 4.90 Å². The number of hydrogen-bond donors (Lipinski definition) is 1. The number of fused-ring (bicyclic) bond motifs is 1. The molecule has 0 fully saturated rings. The third kappa shape index (κ3) is 3.93. The van der Waals surface area contributed by atoms with Crippen LogP contribution in [0.3, 0.4) is 0 Å². The number of anilines is 1. The molecule has 2 heterocycles. The van der Waals surface area contributed by atoms with Gasteiger partial charge in [0, 0.05) is 22.7 Å². The summed E-state index contributed by atoms with van der Waals surface area (Å²) in [7, 11) is -3.70. The first-order valence-corrected chi connectivity index (χ1v) is 11.9. The predicted octanol–water partition coefficient (Wildman–Crippen LogP) is 4.70. The predicted molar refractivity (Wildman–Crippen MR) is 116 cm³/mol. The number of nitrogens with one attached hydrogen (secondary N) is 1. The molecule has 150 valence electrons. The van der Waals surface area contributed by atoms with Crippen molar-refractivity contribution in [2.75, 3.05) is 11.3 Å². The quantitative estimate of drug-likeness (QED) is 0.643. The van der Waals surface area contributed by atoms with E-state index in [1.165, 1.54) is 22.6 Å². The maximum atomic E-state index is 13.1. The van der Waals surface area contributed by atoms with Crippen LogP contribution in [0, 0.1) is 0 Å². The van der Waals surface area contributed by atoms with Gasteiger partial charge >= 0.3 is 0 Å². The Balaban J connectivity index is 1.54. The average Bonchev–Trinajstić information content (AvgIpc) is 3.22. The van der Waals surface area contributed by atoms with Gasteiger partial charge in [-0.2, -0.15) is 0 Å². The molecule has 0 bridgehead atoms. The number of benzene rings is 2. The number of sulfonamides is 1. The standard InChI is InChI=1S/C22H22N2O3S2/c1-2-20-19-13-15-28-21(19)12-14-24(20)22(25)16-8-10-18(11-9-16)29(26,27)23-17-6-4-3-5-7-17/h3-11,13,15,20,23H,2,12,14H2,1H3/t20-/m0/s1. The molecular formula is C22H22N2O3S2. The number of para-hydroxylation sites is 1. The van der Waals surface area contributed by atoms with Crippen molar-refractivity contribution in [3.8, 4) is 0 Å². The summed E-state index contributed by atoms with van der Waals surface area (Å²) in [5.74, 6) is -0.0614. The maximum Gasteiger partial charge on any atom is 0.261 e. The van der Waals surface area contributed by atoms with Crippen LogP contribution in [0.4, 0.5) is 5.69 Å². The summed E-state index contributed by atoms with van der Waals surface area (Å²) in [5.41, 5.74) is 2.24. The smallest absolute Gasteiger partial charge is 0.261 e. The number of hydrogen-bond acceptors (Lipinski definition) is 4. The van der Waals surface area contributed by atoms with Gasteiger partial charge in [0.2, 0.25) is 0 Å². The molecule has 0 aliphatic carbocycles. The lowest BCUT2D eigenvalue weighted by molar-refractivity contribution is 0.0657. The Kier molecular flexibility index (Phi) is 5.43. The van der Waals surface area contributed by atoms with Crippen molar-refractivity contribution in [3.05, 3.63) is 82.0 Å². The van der Waals surface area contributed by atoms with Gasteiger partial charge in [-0.05, 0) is 66.2 Å². The molecule has 0 spiro atoms. The van der Waals surface area contributed by atoms with Crippen LogP contribution < -0.4 is 4.72 Å². The van der Waals surface area contributed by atoms with Gasteiger partial charge in [0.25, 0.3) is 15.9 Å². The molecule has 0 unspecified atom stereocenters. The molecule has 5 nitrogen and oxygen atoms in total. The molecule has 1 aliphatic heterocycles. The summed E-state index contributed by atoms with van der Waals surface area (Å²) in [5, 5.41) is 2.08. The highest BCUT2D eigenvalue weighted by atomic mass is 32.2. The summed E-state index contributed by atoms with van der Waals surface area (Å²) in [6, 6.07) is 17.1. The number of nitrogens with zero attached hydrogens (tertiary/aromatic N) is 1. The van der Waals surface area contributed by atoms with Gasteiger partial charge in [-0.1, -0.05) is 25.1 Å². The van der Waals surface area contributed by atoms with E-state index >= 15 is 0 Å². The number of rotatable bonds is 5. The van der Waals surface area contributed by atoms with Gasteiger partial charge in [-0.3, -0.25) is 9.52 Å². The SMILES string of the molecule is CC[C@H]1c2ccsc2CCN1C(=O)c1ccc(S(=O)(=O)Nc2ccccc2)cc1. The third-order valence-electron chi connectivity index (χ3n) is 5.18. The van der Waals surface area contributed by atoms with E-state index in [2.05, 4.69) is 23.1 Å². The first kappa shape index (κ1) is 19.7. The largest absolute Gasteiger partial charge is 0.331 e. The van der Waals surface area contributed by atoms with Crippen LogP contribution in [0.25, 0.3) is 0 Å². The molecule has 3 aromatic rings. The molecule has 1 atom stereocenters. The fraction of sp³-hybridized carbons (Fsp3) is 0.227. The number of thiophene rings is 1. The van der Waals surface area contributed by atoms with Crippen LogP contribution in [0.15, 0.2) is 70.9 Å². The second-order valence-electron chi connectivity index (χ2n) is 6.97. The molecule has 0 radical (unpaired) electrons. The van der Waals surface area contributed by atoms with E-state index in [4.69, 9.17) is 0 Å². The molecular weight excluding hydrogens is 404 g/mol. The number of carbonyl (C=O) groups excluding carboxylic acids is 1. The zero-order chi connectivity index (χ0) is 20.4. The summed E-state index contributed by atoms with van der Waals surface area (Å²) in [6.07, 6.45) is 1.71. The van der Waals surface area contributed by atoms with E-state index in [0.717, 1.165) is 12.8 Å². The fourth-order valence-electron chi connectivity index (χ4n) is 3.74. The van der Waals surface area contributed by atoms with Crippen molar-refractivity contribution in [1.29, 1.82) is 0 Å². The van der Waals surface area contributed by atoms with Crippen molar-refractivity contribution >= 4 is 33.0 Å². The van der Waals surface area contributed by atoms with Crippen molar-refractivity contribution in [3.63, 3.8) is 0 Å². The van der Waals surface area contributed by atoms with E-state index in [1.807, 2.05) is 11.0 Å². The second kappa shape index (κ2) is 8.00. The Hall–Kier alpha value is -2.64. The molecule has 29 heavy (non-hydrogen) atoms. The van der Waals surface area contributed by atoms with Crippen molar-refractivity contribution in [2.24, 2.45) is 0 Å². The first-order chi connectivity index (χ1) is 14.0. The lowest BCUT2D eigenvalue weighted by Gasteiger charge is -2.35. The highest BCUT2D eigenvalue weighted by molar-refractivity contribution is 7.92. The molecule has 1 amide bonds. The van der Waals surface area contributed by atoms with Gasteiger partial charge in [0.1, 0.15) is 0 Å². The first-order valence-electron chi connectivity index (χ1n) is 9.55. The van der Waals surface area contributed by atoms with Crippen molar-refractivity contribution in [1.82, 2.24) is 4.90 Å². The van der Waals surface area contributed by atoms with E-state index in [9.17, 15) is 13.2 Å². The van der Waals surface area contributed by atoms with Crippen LogP contribution in [0.2, 0.25) is 0 Å². The Morgan fingerprint density at radius 3 is 2.52 bits per heavy atom. The number of amides is 1. The Morgan fingerprint density at radius 1 is 1.10 bits per heavy atom. The van der Waals surface area contributed by atoms with Gasteiger partial charge in [0.15, 0.2) is 0 Å². The lowest BCUT2D eigenvalue weighted by Crippen LogP contribution is -2.39. The topological polar surface area (TPSA) is 66.5 Å². The molecule has 7 heteroatoms. The van der Waals surface area contributed by atoms with E-state index in [1.54, 1.807) is 47.7 Å². The molecule has 4 rings (SSSR count). The third-order valence-corrected chi connectivity index (χ3v) is 7.57. The fourth-order valence-corrected chi connectivity index (χ4v) is 5.73. The monoisotopic (exact) mass is 426 g/mol. The van der Waals surface area contributed by atoms with Crippen LogP contribution in [-0.4, -0.2) is 25.8 Å². The molecule has 0 saturated heterocycles. The van der Waals surface area contributed by atoms with Gasteiger partial charge in [-0.15, -0.1) is 11.3 Å². The molecule has 0 saturated carbocycles. The Labute approximate surface area is 175 Å². The molecule has 1 aliphatic rings. The van der Waals surface area contributed by atoms with E-state index < -0.39 is 10.0 Å². The van der Waals surface area contributed by atoms with Crippen molar-refractivity contribution in [2.45, 2.75) is 30.7 Å². The Morgan fingerprint density at radius 2 is 1.83 bits per heavy atom. The minimum Gasteiger partial charge on any atom is -0.331 e. The van der Waals surface area contributed by atoms with Crippen molar-refractivity contribution < 1.29 is 13.2 Å². The molecule has 1 aromatic heterocycles. The van der Waals surface area contributed by atoms with E-state index in [-0.39, 0.29) is 16.8 Å². The summed E-state index contributed by atoms with van der Waals surface area (Å²) < 4.78 is 27.7. The summed E-state index contributed by atoms with van der Waals surface area (Å²) in [6.45, 7) is 2.77. The molecule has 2 aromatic carbocycles. The normalized spacial score (nSPS) is 16.3. The highest BCUT2D eigenvalue weighted by Crippen LogP contribution is 2.36. The summed E-state index contributed by atoms with van der Waals surface area (Å²) in [4.78, 5) is 16.5. The zero-order valence-electron chi connectivity index (χ0n) is 16.0. The maximum absolute atomic E-state index is 13.1.